The number of aryl methyl sites for hydroxylation is 1. The molecular formula is C20H20N2O3. The second kappa shape index (κ2) is 7.21. The van der Waals surface area contributed by atoms with E-state index in [0.29, 0.717) is 11.1 Å². The number of amides is 1. The van der Waals surface area contributed by atoms with Crippen molar-refractivity contribution in [3.63, 3.8) is 0 Å². The highest BCUT2D eigenvalue weighted by atomic mass is 16.4. The molecule has 1 aromatic heterocycles. The molecule has 2 aromatic carbocycles. The predicted octanol–water partition coefficient (Wildman–Crippen LogP) is 3.26. The molecule has 0 spiro atoms. The fraction of sp³-hybridized carbons (Fsp3) is 0.200. The molecule has 5 nitrogen and oxygen atoms in total. The van der Waals surface area contributed by atoms with Gasteiger partial charge in [-0.3, -0.25) is 9.59 Å². The number of rotatable bonds is 6. The van der Waals surface area contributed by atoms with Crippen LogP contribution in [-0.2, 0) is 11.3 Å². The van der Waals surface area contributed by atoms with Gasteiger partial charge in [0.25, 0.3) is 5.91 Å². The van der Waals surface area contributed by atoms with E-state index < -0.39 is 11.9 Å². The monoisotopic (exact) mass is 336 g/mol. The van der Waals surface area contributed by atoms with Crippen molar-refractivity contribution < 1.29 is 14.7 Å². The highest BCUT2D eigenvalue weighted by Crippen LogP contribution is 2.22. The molecule has 0 bridgehead atoms. The van der Waals surface area contributed by atoms with Crippen LogP contribution < -0.4 is 5.32 Å². The van der Waals surface area contributed by atoms with Crippen molar-refractivity contribution in [3.8, 4) is 0 Å². The second-order valence-electron chi connectivity index (χ2n) is 5.86. The summed E-state index contributed by atoms with van der Waals surface area (Å²) in [7, 11) is 0. The van der Waals surface area contributed by atoms with E-state index in [4.69, 9.17) is 0 Å². The molecule has 0 aliphatic rings. The lowest BCUT2D eigenvalue weighted by atomic mass is 9.99. The SMILES string of the molecule is CCn1cc(C(=O)NCC(C(=O)O)c2ccccc2)c2ccccc21. The van der Waals surface area contributed by atoms with Gasteiger partial charge in [-0.2, -0.15) is 0 Å². The topological polar surface area (TPSA) is 71.3 Å². The third-order valence-electron chi connectivity index (χ3n) is 4.34. The number of aliphatic carboxylic acids is 1. The average molecular weight is 336 g/mol. The first-order valence-electron chi connectivity index (χ1n) is 8.25. The van der Waals surface area contributed by atoms with Crippen molar-refractivity contribution in [2.75, 3.05) is 6.54 Å². The number of aromatic nitrogens is 1. The lowest BCUT2D eigenvalue weighted by Crippen LogP contribution is -2.31. The third-order valence-corrected chi connectivity index (χ3v) is 4.34. The van der Waals surface area contributed by atoms with Crippen molar-refractivity contribution in [3.05, 3.63) is 71.9 Å². The molecule has 0 aliphatic carbocycles. The highest BCUT2D eigenvalue weighted by Gasteiger charge is 2.22. The number of nitrogens with one attached hydrogen (secondary N) is 1. The van der Waals surface area contributed by atoms with E-state index in [1.807, 2.05) is 48.0 Å². The van der Waals surface area contributed by atoms with Crippen LogP contribution in [0.15, 0.2) is 60.8 Å². The van der Waals surface area contributed by atoms with Crippen molar-refractivity contribution in [1.29, 1.82) is 0 Å². The maximum atomic E-state index is 12.6. The molecule has 3 rings (SSSR count). The zero-order valence-electron chi connectivity index (χ0n) is 14.0. The van der Waals surface area contributed by atoms with E-state index in [1.54, 1.807) is 24.3 Å². The van der Waals surface area contributed by atoms with Crippen LogP contribution in [0.1, 0.15) is 28.8 Å². The number of carboxylic acids is 1. The second-order valence-corrected chi connectivity index (χ2v) is 5.86. The summed E-state index contributed by atoms with van der Waals surface area (Å²) >= 11 is 0. The van der Waals surface area contributed by atoms with Crippen LogP contribution >= 0.6 is 0 Å². The lowest BCUT2D eigenvalue weighted by Gasteiger charge is -2.13. The van der Waals surface area contributed by atoms with E-state index in [9.17, 15) is 14.7 Å². The highest BCUT2D eigenvalue weighted by molar-refractivity contribution is 6.07. The standard InChI is InChI=1S/C20H20N2O3/c1-2-22-13-17(15-10-6-7-11-18(15)22)19(23)21-12-16(20(24)25)14-8-4-3-5-9-14/h3-11,13,16H,2,12H2,1H3,(H,21,23)(H,24,25). The molecule has 0 fully saturated rings. The number of carbonyl (C=O) groups excluding carboxylic acids is 1. The number of nitrogens with zero attached hydrogens (tertiary/aromatic N) is 1. The first-order chi connectivity index (χ1) is 12.1. The Morgan fingerprint density at radius 2 is 1.76 bits per heavy atom. The first kappa shape index (κ1) is 16.8. The summed E-state index contributed by atoms with van der Waals surface area (Å²) in [6.45, 7) is 2.82. The molecule has 0 saturated carbocycles. The summed E-state index contributed by atoms with van der Waals surface area (Å²) in [4.78, 5) is 24.2. The summed E-state index contributed by atoms with van der Waals surface area (Å²) in [5.74, 6) is -1.99. The quantitative estimate of drug-likeness (QED) is 0.726. The van der Waals surface area contributed by atoms with E-state index >= 15 is 0 Å². The minimum atomic E-state index is -0.956. The van der Waals surface area contributed by atoms with Crippen LogP contribution in [0, 0.1) is 0 Å². The minimum absolute atomic E-state index is 0.0454. The minimum Gasteiger partial charge on any atom is -0.481 e. The van der Waals surface area contributed by atoms with Crippen LogP contribution in [0.3, 0.4) is 0 Å². The normalized spacial score (nSPS) is 12.0. The van der Waals surface area contributed by atoms with Gasteiger partial charge < -0.3 is 15.0 Å². The van der Waals surface area contributed by atoms with E-state index in [2.05, 4.69) is 5.32 Å². The maximum Gasteiger partial charge on any atom is 0.312 e. The Balaban J connectivity index is 1.82. The number of hydrogen-bond acceptors (Lipinski definition) is 2. The van der Waals surface area contributed by atoms with Gasteiger partial charge in [0.2, 0.25) is 0 Å². The molecule has 0 aliphatic heterocycles. The van der Waals surface area contributed by atoms with Crippen molar-refractivity contribution in [2.24, 2.45) is 0 Å². The number of hydrogen-bond donors (Lipinski definition) is 2. The Morgan fingerprint density at radius 3 is 2.44 bits per heavy atom. The maximum absolute atomic E-state index is 12.6. The van der Waals surface area contributed by atoms with Gasteiger partial charge in [0, 0.05) is 30.2 Å². The summed E-state index contributed by atoms with van der Waals surface area (Å²) in [6.07, 6.45) is 1.82. The molecule has 1 atom stereocenters. The molecule has 0 saturated heterocycles. The Bertz CT molecular complexity index is 900. The Morgan fingerprint density at radius 1 is 1.08 bits per heavy atom. The summed E-state index contributed by atoms with van der Waals surface area (Å²) in [6, 6.07) is 16.6. The molecule has 128 valence electrons. The van der Waals surface area contributed by atoms with E-state index in [-0.39, 0.29) is 12.5 Å². The van der Waals surface area contributed by atoms with Gasteiger partial charge in [0.15, 0.2) is 0 Å². The summed E-state index contributed by atoms with van der Waals surface area (Å²) in [5.41, 5.74) is 2.23. The molecule has 25 heavy (non-hydrogen) atoms. The predicted molar refractivity (Wildman–Crippen MR) is 96.8 cm³/mol. The number of benzene rings is 2. The Kier molecular flexibility index (Phi) is 4.84. The molecule has 3 aromatic rings. The Hall–Kier alpha value is -3.08. The van der Waals surface area contributed by atoms with Crippen LogP contribution in [0.2, 0.25) is 0 Å². The number of fused-ring (bicyclic) bond motifs is 1. The summed E-state index contributed by atoms with van der Waals surface area (Å²) < 4.78 is 2.01. The molecule has 2 N–H and O–H groups in total. The number of carboxylic acid groups (broad SMARTS) is 1. The third kappa shape index (κ3) is 3.40. The van der Waals surface area contributed by atoms with Crippen LogP contribution in [0.25, 0.3) is 10.9 Å². The van der Waals surface area contributed by atoms with Gasteiger partial charge in [-0.05, 0) is 18.6 Å². The van der Waals surface area contributed by atoms with Crippen LogP contribution in [0.4, 0.5) is 0 Å². The van der Waals surface area contributed by atoms with Crippen LogP contribution in [-0.4, -0.2) is 28.1 Å². The molecule has 0 radical (unpaired) electrons. The smallest absolute Gasteiger partial charge is 0.312 e. The van der Waals surface area contributed by atoms with Gasteiger partial charge in [-0.15, -0.1) is 0 Å². The van der Waals surface area contributed by atoms with Gasteiger partial charge in [-0.1, -0.05) is 48.5 Å². The molecule has 1 unspecified atom stereocenters. The van der Waals surface area contributed by atoms with Gasteiger partial charge in [0.1, 0.15) is 0 Å². The molecule has 5 heteroatoms. The van der Waals surface area contributed by atoms with Crippen molar-refractivity contribution in [1.82, 2.24) is 9.88 Å². The average Bonchev–Trinajstić information content (AvgIpc) is 3.01. The zero-order valence-corrected chi connectivity index (χ0v) is 14.0. The largest absolute Gasteiger partial charge is 0.481 e. The number of carbonyl (C=O) groups is 2. The molecular weight excluding hydrogens is 316 g/mol. The lowest BCUT2D eigenvalue weighted by molar-refractivity contribution is -0.138. The first-order valence-corrected chi connectivity index (χ1v) is 8.25. The van der Waals surface area contributed by atoms with Gasteiger partial charge >= 0.3 is 5.97 Å². The zero-order chi connectivity index (χ0) is 17.8. The van der Waals surface area contributed by atoms with Crippen molar-refractivity contribution in [2.45, 2.75) is 19.4 Å². The summed E-state index contributed by atoms with van der Waals surface area (Å²) in [5, 5.41) is 13.1. The van der Waals surface area contributed by atoms with Crippen LogP contribution in [0.5, 0.6) is 0 Å². The van der Waals surface area contributed by atoms with Gasteiger partial charge in [-0.25, -0.2) is 0 Å². The van der Waals surface area contributed by atoms with E-state index in [0.717, 1.165) is 17.4 Å². The molecule has 1 heterocycles. The van der Waals surface area contributed by atoms with Crippen molar-refractivity contribution >= 4 is 22.8 Å². The Labute approximate surface area is 145 Å². The number of para-hydroxylation sites is 1. The van der Waals surface area contributed by atoms with Gasteiger partial charge in [0.05, 0.1) is 11.5 Å². The fourth-order valence-corrected chi connectivity index (χ4v) is 3.01. The molecule has 1 amide bonds. The fourth-order valence-electron chi connectivity index (χ4n) is 3.01. The van der Waals surface area contributed by atoms with E-state index in [1.165, 1.54) is 0 Å².